The van der Waals surface area contributed by atoms with Gasteiger partial charge in [-0.05, 0) is 55.1 Å². The zero-order valence-corrected chi connectivity index (χ0v) is 25.4. The number of rotatable bonds is 9. The van der Waals surface area contributed by atoms with Gasteiger partial charge in [-0.25, -0.2) is 5.01 Å². The Morgan fingerprint density at radius 1 is 0.930 bits per heavy atom. The highest BCUT2D eigenvalue weighted by molar-refractivity contribution is 7.99. The van der Waals surface area contributed by atoms with Crippen molar-refractivity contribution in [2.75, 3.05) is 5.75 Å². The van der Waals surface area contributed by atoms with Crippen LogP contribution in [0, 0.1) is 13.8 Å². The summed E-state index contributed by atoms with van der Waals surface area (Å²) in [5, 5.41) is 20.8. The van der Waals surface area contributed by atoms with Crippen molar-refractivity contribution in [3.8, 4) is 5.69 Å². The largest absolute Gasteiger partial charge is 0.345 e. The minimum atomic E-state index is -0.189. The second kappa shape index (κ2) is 12.8. The van der Waals surface area contributed by atoms with E-state index in [1.54, 1.807) is 22.4 Å². The molecule has 0 radical (unpaired) electrons. The molecule has 0 saturated carbocycles. The molecule has 3 heterocycles. The van der Waals surface area contributed by atoms with Crippen molar-refractivity contribution in [1.29, 1.82) is 0 Å². The van der Waals surface area contributed by atoms with Crippen LogP contribution in [0.2, 0.25) is 0 Å². The number of thiophene rings is 1. The molecule has 6 rings (SSSR count). The normalized spacial score (nSPS) is 14.5. The van der Waals surface area contributed by atoms with Crippen molar-refractivity contribution < 1.29 is 9.59 Å². The van der Waals surface area contributed by atoms with Crippen molar-refractivity contribution >= 4 is 40.6 Å². The molecule has 3 aromatic carbocycles. The van der Waals surface area contributed by atoms with E-state index in [2.05, 4.69) is 46.7 Å². The van der Waals surface area contributed by atoms with Gasteiger partial charge in [0.2, 0.25) is 0 Å². The Bertz CT molecular complexity index is 1760. The number of para-hydroxylation sites is 1. The van der Waals surface area contributed by atoms with Crippen LogP contribution in [0.4, 0.5) is 0 Å². The molecule has 0 fully saturated rings. The number of aromatic nitrogens is 3. The highest BCUT2D eigenvalue weighted by atomic mass is 32.2. The topological polar surface area (TPSA) is 92.5 Å². The molecule has 2 aromatic heterocycles. The van der Waals surface area contributed by atoms with Crippen LogP contribution < -0.4 is 5.32 Å². The average molecular weight is 607 g/mol. The Morgan fingerprint density at radius 3 is 2.49 bits per heavy atom. The Labute approximate surface area is 258 Å². The summed E-state index contributed by atoms with van der Waals surface area (Å²) in [4.78, 5) is 27.6. The first-order valence-corrected chi connectivity index (χ1v) is 15.8. The second-order valence-corrected chi connectivity index (χ2v) is 12.2. The zero-order valence-electron chi connectivity index (χ0n) is 23.8. The summed E-state index contributed by atoms with van der Waals surface area (Å²) >= 11 is 2.93. The molecule has 8 nitrogen and oxygen atoms in total. The molecule has 2 amide bonds. The standard InChI is InChI=1S/C33H30N6O2S2/c1-22-13-15-24(16-14-22)28-19-27(29-12-7-17-42-29)37-39(28)31(40)21-43-33-36-35-30(38(33)26-10-4-3-5-11-26)20-34-32(41)25-9-6-8-23(2)18-25/h3-18,28H,19-21H2,1-2H3,(H,34,41)/t28-/m0/s1. The molecule has 0 saturated heterocycles. The van der Waals surface area contributed by atoms with Gasteiger partial charge in [0.15, 0.2) is 11.0 Å². The van der Waals surface area contributed by atoms with Crippen LogP contribution in [0.15, 0.2) is 107 Å². The second-order valence-electron chi connectivity index (χ2n) is 10.3. The molecular formula is C33H30N6O2S2. The maximum Gasteiger partial charge on any atom is 0.253 e. The fraction of sp³-hybridized carbons (Fsp3) is 0.182. The maximum atomic E-state index is 13.7. The molecule has 1 atom stereocenters. The number of hydrogen-bond donors (Lipinski definition) is 1. The average Bonchev–Trinajstić information content (AvgIpc) is 3.80. The summed E-state index contributed by atoms with van der Waals surface area (Å²) in [6, 6.07) is 29.3. The van der Waals surface area contributed by atoms with E-state index in [0.717, 1.165) is 27.4 Å². The van der Waals surface area contributed by atoms with Crippen LogP contribution in [0.3, 0.4) is 0 Å². The number of nitrogens with one attached hydrogen (secondary N) is 1. The number of thioether (sulfide) groups is 1. The van der Waals surface area contributed by atoms with Gasteiger partial charge in [0.05, 0.1) is 28.9 Å². The predicted octanol–water partition coefficient (Wildman–Crippen LogP) is 6.35. The third-order valence-corrected chi connectivity index (χ3v) is 8.99. The first-order chi connectivity index (χ1) is 21.0. The Hall–Kier alpha value is -4.54. The third-order valence-electron chi connectivity index (χ3n) is 7.16. The minimum Gasteiger partial charge on any atom is -0.345 e. The maximum absolute atomic E-state index is 13.7. The molecule has 0 aliphatic carbocycles. The van der Waals surface area contributed by atoms with E-state index in [1.165, 1.54) is 17.3 Å². The van der Waals surface area contributed by atoms with Crippen LogP contribution >= 0.6 is 23.1 Å². The van der Waals surface area contributed by atoms with Crippen molar-refractivity contribution in [1.82, 2.24) is 25.1 Å². The number of aryl methyl sites for hydroxylation is 2. The fourth-order valence-corrected chi connectivity index (χ4v) is 6.51. The molecule has 10 heteroatoms. The molecular weight excluding hydrogens is 577 g/mol. The third kappa shape index (κ3) is 6.45. The summed E-state index contributed by atoms with van der Waals surface area (Å²) in [7, 11) is 0. The van der Waals surface area contributed by atoms with E-state index in [9.17, 15) is 9.59 Å². The first kappa shape index (κ1) is 28.6. The van der Waals surface area contributed by atoms with Gasteiger partial charge < -0.3 is 5.32 Å². The number of nitrogens with zero attached hydrogens (tertiary/aromatic N) is 5. The highest BCUT2D eigenvalue weighted by Gasteiger charge is 2.33. The van der Waals surface area contributed by atoms with Crippen LogP contribution in [0.1, 0.15) is 50.2 Å². The SMILES string of the molecule is Cc1ccc([C@@H]2CC(c3cccs3)=NN2C(=O)CSc2nnc(CNC(=O)c3cccc(C)c3)n2-c2ccccc2)cc1. The highest BCUT2D eigenvalue weighted by Crippen LogP contribution is 2.35. The van der Waals surface area contributed by atoms with E-state index in [-0.39, 0.29) is 30.2 Å². The summed E-state index contributed by atoms with van der Waals surface area (Å²) < 4.78 is 1.89. The quantitative estimate of drug-likeness (QED) is 0.198. The van der Waals surface area contributed by atoms with Gasteiger partial charge in [-0.1, -0.05) is 83.6 Å². The molecule has 0 spiro atoms. The molecule has 43 heavy (non-hydrogen) atoms. The summed E-state index contributed by atoms with van der Waals surface area (Å²) in [5.41, 5.74) is 5.58. The smallest absolute Gasteiger partial charge is 0.253 e. The van der Waals surface area contributed by atoms with E-state index in [1.807, 2.05) is 77.5 Å². The first-order valence-electron chi connectivity index (χ1n) is 13.9. The van der Waals surface area contributed by atoms with Crippen LogP contribution in [0.25, 0.3) is 5.69 Å². The predicted molar refractivity (Wildman–Crippen MR) is 171 cm³/mol. The Morgan fingerprint density at radius 2 is 1.74 bits per heavy atom. The summed E-state index contributed by atoms with van der Waals surface area (Å²) in [6.45, 7) is 4.18. The van der Waals surface area contributed by atoms with Gasteiger partial charge in [0.25, 0.3) is 11.8 Å². The number of carbonyl (C=O) groups is 2. The van der Waals surface area contributed by atoms with Gasteiger partial charge in [-0.2, -0.15) is 5.10 Å². The van der Waals surface area contributed by atoms with E-state index in [0.29, 0.717) is 23.0 Å². The monoisotopic (exact) mass is 606 g/mol. The van der Waals surface area contributed by atoms with Crippen molar-refractivity contribution in [2.45, 2.75) is 38.0 Å². The molecule has 5 aromatic rings. The lowest BCUT2D eigenvalue weighted by atomic mass is 10.00. The molecule has 0 unspecified atom stereocenters. The summed E-state index contributed by atoms with van der Waals surface area (Å²) in [5.74, 6) is 0.397. The molecule has 216 valence electrons. The van der Waals surface area contributed by atoms with Gasteiger partial charge in [-0.15, -0.1) is 21.5 Å². The van der Waals surface area contributed by atoms with Gasteiger partial charge in [0.1, 0.15) is 0 Å². The molecule has 1 aliphatic heterocycles. The van der Waals surface area contributed by atoms with E-state index in [4.69, 9.17) is 5.10 Å². The Balaban J connectivity index is 1.22. The molecule has 1 aliphatic rings. The van der Waals surface area contributed by atoms with Crippen LogP contribution in [0.5, 0.6) is 0 Å². The molecule has 0 bridgehead atoms. The van der Waals surface area contributed by atoms with Crippen molar-refractivity contribution in [3.05, 3.63) is 129 Å². The number of amides is 2. The zero-order chi connectivity index (χ0) is 29.8. The van der Waals surface area contributed by atoms with Crippen molar-refractivity contribution in [3.63, 3.8) is 0 Å². The lowest BCUT2D eigenvalue weighted by molar-refractivity contribution is -0.130. The van der Waals surface area contributed by atoms with E-state index < -0.39 is 0 Å². The van der Waals surface area contributed by atoms with Gasteiger partial charge in [-0.3, -0.25) is 14.2 Å². The Kier molecular flexibility index (Phi) is 8.48. The number of hydrazone groups is 1. The lowest BCUT2D eigenvalue weighted by Gasteiger charge is -2.22. The van der Waals surface area contributed by atoms with Crippen LogP contribution in [-0.4, -0.2) is 43.1 Å². The number of hydrogen-bond acceptors (Lipinski definition) is 7. The van der Waals surface area contributed by atoms with Crippen LogP contribution in [-0.2, 0) is 11.3 Å². The summed E-state index contributed by atoms with van der Waals surface area (Å²) in [6.07, 6.45) is 0.658. The van der Waals surface area contributed by atoms with Gasteiger partial charge in [0, 0.05) is 17.7 Å². The molecule has 1 N–H and O–H groups in total. The lowest BCUT2D eigenvalue weighted by Crippen LogP contribution is -2.28. The van der Waals surface area contributed by atoms with E-state index >= 15 is 0 Å². The number of carbonyl (C=O) groups excluding carboxylic acids is 2. The van der Waals surface area contributed by atoms with Crippen molar-refractivity contribution in [2.24, 2.45) is 5.10 Å². The minimum absolute atomic E-state index is 0.112. The van der Waals surface area contributed by atoms with Gasteiger partial charge >= 0.3 is 0 Å². The number of benzene rings is 3. The fourth-order valence-electron chi connectivity index (χ4n) is 4.96.